The Balaban J connectivity index is 1.59. The van der Waals surface area contributed by atoms with E-state index in [0.717, 1.165) is 29.9 Å². The van der Waals surface area contributed by atoms with Crippen LogP contribution in [-0.2, 0) is 21.0 Å². The van der Waals surface area contributed by atoms with Gasteiger partial charge in [0.15, 0.2) is 5.76 Å². The van der Waals surface area contributed by atoms with Crippen LogP contribution in [0.2, 0.25) is 0 Å². The molecule has 0 fully saturated rings. The summed E-state index contributed by atoms with van der Waals surface area (Å²) in [6.07, 6.45) is 3.88. The number of nitrogens with zero attached hydrogens (tertiary/aromatic N) is 1. The summed E-state index contributed by atoms with van der Waals surface area (Å²) in [7, 11) is 0. The van der Waals surface area contributed by atoms with E-state index in [1.54, 1.807) is 24.3 Å². The summed E-state index contributed by atoms with van der Waals surface area (Å²) in [4.78, 5) is 55.6. The van der Waals surface area contributed by atoms with Crippen LogP contribution in [0.15, 0.2) is 65.1 Å². The number of amides is 4. The SMILES string of the molecule is CCCCCC(CN(C=O)OCc1ccccc1)C(=O)NCNC(=O)c1ccc(-c2cc(OCC)cc(C(=O)NCC)c2)o1. The van der Waals surface area contributed by atoms with Gasteiger partial charge in [0.05, 0.1) is 25.7 Å². The standard InChI is InChI=1S/C33H42N4O7/c1-4-7-9-14-25(20-37(23-38)43-21-24-12-10-8-11-13-24)31(39)35-22-36-33(41)30-16-15-29(44-30)26-17-27(32(40)34-5-2)19-28(18-26)42-6-3/h8,10-13,15-19,23,25H,4-7,9,14,20-22H2,1-3H3,(H,34,40)(H,35,39)(H,36,41). The second kappa shape index (κ2) is 18.1. The molecule has 3 N–H and O–H groups in total. The molecule has 1 heterocycles. The Hall–Kier alpha value is -4.64. The second-order valence-electron chi connectivity index (χ2n) is 10.1. The lowest BCUT2D eigenvalue weighted by Crippen LogP contribution is -2.43. The number of carbonyl (C=O) groups is 4. The third kappa shape index (κ3) is 10.6. The van der Waals surface area contributed by atoms with Crippen LogP contribution in [0.4, 0.5) is 0 Å². The first-order chi connectivity index (χ1) is 21.4. The van der Waals surface area contributed by atoms with Crippen LogP contribution in [-0.4, -0.2) is 55.6 Å². The largest absolute Gasteiger partial charge is 0.494 e. The molecule has 0 spiro atoms. The number of carbonyl (C=O) groups excluding carboxylic acids is 4. The lowest BCUT2D eigenvalue weighted by Gasteiger charge is -2.23. The number of hydrogen-bond donors (Lipinski definition) is 3. The van der Waals surface area contributed by atoms with Gasteiger partial charge < -0.3 is 25.1 Å². The molecule has 11 heteroatoms. The first-order valence-electron chi connectivity index (χ1n) is 15.0. The van der Waals surface area contributed by atoms with E-state index < -0.39 is 11.8 Å². The first kappa shape index (κ1) is 33.9. The molecular formula is C33H42N4O7. The summed E-state index contributed by atoms with van der Waals surface area (Å²) >= 11 is 0. The van der Waals surface area contributed by atoms with Gasteiger partial charge in [0.25, 0.3) is 11.8 Å². The van der Waals surface area contributed by atoms with Crippen molar-refractivity contribution in [2.24, 2.45) is 5.92 Å². The Labute approximate surface area is 258 Å². The summed E-state index contributed by atoms with van der Waals surface area (Å²) in [5.74, 6) is -0.673. The minimum Gasteiger partial charge on any atom is -0.494 e. The smallest absolute Gasteiger partial charge is 0.288 e. The van der Waals surface area contributed by atoms with Crippen molar-refractivity contribution in [1.29, 1.82) is 0 Å². The third-order valence-electron chi connectivity index (χ3n) is 6.73. The molecule has 0 aliphatic carbocycles. The van der Waals surface area contributed by atoms with Gasteiger partial charge in [0.1, 0.15) is 18.1 Å². The van der Waals surface area contributed by atoms with E-state index >= 15 is 0 Å². The number of unbranched alkanes of at least 4 members (excludes halogenated alkanes) is 2. The molecule has 0 saturated carbocycles. The first-order valence-corrected chi connectivity index (χ1v) is 15.0. The maximum atomic E-state index is 13.1. The van der Waals surface area contributed by atoms with E-state index in [9.17, 15) is 19.2 Å². The van der Waals surface area contributed by atoms with E-state index in [0.29, 0.717) is 48.6 Å². The Morgan fingerprint density at radius 3 is 2.43 bits per heavy atom. The molecule has 0 saturated heterocycles. The van der Waals surface area contributed by atoms with Gasteiger partial charge in [-0.2, -0.15) is 0 Å². The fraction of sp³-hybridized carbons (Fsp3) is 0.394. The number of benzene rings is 2. The molecule has 3 aromatic rings. The average Bonchev–Trinajstić information content (AvgIpc) is 3.54. The highest BCUT2D eigenvalue weighted by Gasteiger charge is 2.22. The minimum atomic E-state index is -0.523. The minimum absolute atomic E-state index is 0.0385. The zero-order chi connectivity index (χ0) is 31.7. The highest BCUT2D eigenvalue weighted by Crippen LogP contribution is 2.28. The van der Waals surface area contributed by atoms with Gasteiger partial charge in [-0.1, -0.05) is 56.5 Å². The van der Waals surface area contributed by atoms with E-state index in [4.69, 9.17) is 14.0 Å². The van der Waals surface area contributed by atoms with Gasteiger partial charge in [-0.3, -0.25) is 24.0 Å². The summed E-state index contributed by atoms with van der Waals surface area (Å²) < 4.78 is 11.4. The van der Waals surface area contributed by atoms with Crippen molar-refractivity contribution in [3.05, 3.63) is 77.6 Å². The summed E-state index contributed by atoms with van der Waals surface area (Å²) in [6.45, 7) is 6.80. The molecule has 0 aliphatic rings. The molecule has 0 radical (unpaired) electrons. The number of nitrogens with one attached hydrogen (secondary N) is 3. The molecule has 0 aliphatic heterocycles. The van der Waals surface area contributed by atoms with Crippen LogP contribution in [0.1, 0.15) is 72.9 Å². The number of rotatable bonds is 19. The number of ether oxygens (including phenoxy) is 1. The lowest BCUT2D eigenvalue weighted by molar-refractivity contribution is -0.182. The maximum Gasteiger partial charge on any atom is 0.288 e. The van der Waals surface area contributed by atoms with Gasteiger partial charge in [-0.15, -0.1) is 0 Å². The van der Waals surface area contributed by atoms with Crippen LogP contribution < -0.4 is 20.7 Å². The molecule has 3 rings (SSSR count). The summed E-state index contributed by atoms with van der Waals surface area (Å²) in [6, 6.07) is 17.6. The van der Waals surface area contributed by atoms with Gasteiger partial charge in [0, 0.05) is 17.7 Å². The Morgan fingerprint density at radius 1 is 0.932 bits per heavy atom. The predicted octanol–water partition coefficient (Wildman–Crippen LogP) is 4.69. The number of furan rings is 1. The Morgan fingerprint density at radius 2 is 1.73 bits per heavy atom. The van der Waals surface area contributed by atoms with Gasteiger partial charge in [0.2, 0.25) is 12.3 Å². The maximum absolute atomic E-state index is 13.1. The Bertz CT molecular complexity index is 1360. The predicted molar refractivity (Wildman–Crippen MR) is 165 cm³/mol. The normalized spacial score (nSPS) is 11.3. The molecule has 44 heavy (non-hydrogen) atoms. The molecule has 1 atom stereocenters. The molecule has 1 aromatic heterocycles. The van der Waals surface area contributed by atoms with Crippen molar-refractivity contribution in [3.8, 4) is 17.1 Å². The summed E-state index contributed by atoms with van der Waals surface area (Å²) in [5.41, 5.74) is 1.89. The molecule has 2 aromatic carbocycles. The lowest BCUT2D eigenvalue weighted by atomic mass is 10.0. The fourth-order valence-electron chi connectivity index (χ4n) is 4.46. The van der Waals surface area contributed by atoms with Crippen LogP contribution in [0.5, 0.6) is 5.75 Å². The van der Waals surface area contributed by atoms with E-state index in [1.807, 2.05) is 44.2 Å². The fourth-order valence-corrected chi connectivity index (χ4v) is 4.46. The van der Waals surface area contributed by atoms with Crippen molar-refractivity contribution in [2.75, 3.05) is 26.4 Å². The van der Waals surface area contributed by atoms with Crippen LogP contribution in [0.25, 0.3) is 11.3 Å². The zero-order valence-electron chi connectivity index (χ0n) is 25.6. The van der Waals surface area contributed by atoms with Crippen LogP contribution in [0.3, 0.4) is 0 Å². The summed E-state index contributed by atoms with van der Waals surface area (Å²) in [5, 5.41) is 9.28. The van der Waals surface area contributed by atoms with Crippen LogP contribution >= 0.6 is 0 Å². The monoisotopic (exact) mass is 606 g/mol. The quantitative estimate of drug-likeness (QED) is 0.0779. The number of hydroxylamine groups is 2. The Kier molecular flexibility index (Phi) is 13.9. The van der Waals surface area contributed by atoms with Crippen molar-refractivity contribution >= 4 is 24.1 Å². The van der Waals surface area contributed by atoms with E-state index in [1.165, 1.54) is 6.07 Å². The highest BCUT2D eigenvalue weighted by atomic mass is 16.7. The van der Waals surface area contributed by atoms with Gasteiger partial charge in [-0.05, 0) is 56.2 Å². The van der Waals surface area contributed by atoms with Gasteiger partial charge in [-0.25, -0.2) is 5.06 Å². The zero-order valence-corrected chi connectivity index (χ0v) is 25.6. The molecular weight excluding hydrogens is 564 g/mol. The van der Waals surface area contributed by atoms with E-state index in [-0.39, 0.29) is 37.4 Å². The van der Waals surface area contributed by atoms with Crippen molar-refractivity contribution in [3.63, 3.8) is 0 Å². The highest BCUT2D eigenvalue weighted by molar-refractivity contribution is 5.96. The third-order valence-corrected chi connectivity index (χ3v) is 6.73. The van der Waals surface area contributed by atoms with Crippen molar-refractivity contribution in [2.45, 2.75) is 53.1 Å². The number of hydrogen-bond acceptors (Lipinski definition) is 7. The average molecular weight is 607 g/mol. The second-order valence-corrected chi connectivity index (χ2v) is 10.1. The molecule has 11 nitrogen and oxygen atoms in total. The molecule has 4 amide bonds. The molecule has 0 bridgehead atoms. The van der Waals surface area contributed by atoms with Crippen molar-refractivity contribution in [1.82, 2.24) is 21.0 Å². The van der Waals surface area contributed by atoms with Crippen molar-refractivity contribution < 1.29 is 33.2 Å². The molecule has 236 valence electrons. The van der Waals surface area contributed by atoms with Gasteiger partial charge >= 0.3 is 0 Å². The van der Waals surface area contributed by atoms with E-state index in [2.05, 4.69) is 22.9 Å². The van der Waals surface area contributed by atoms with Crippen LogP contribution in [0, 0.1) is 5.92 Å². The topological polar surface area (TPSA) is 139 Å². The molecule has 1 unspecified atom stereocenters.